The zero-order valence-corrected chi connectivity index (χ0v) is 14.1. The van der Waals surface area contributed by atoms with Crippen LogP contribution in [0.2, 0.25) is 10.0 Å². The van der Waals surface area contributed by atoms with Gasteiger partial charge in [0.05, 0.1) is 10.0 Å². The molecule has 0 saturated heterocycles. The molecule has 1 nitrogen and oxygen atoms in total. The van der Waals surface area contributed by atoms with E-state index >= 15 is 0 Å². The van der Waals surface area contributed by atoms with Gasteiger partial charge in [-0.25, -0.2) is 0 Å². The molecule has 19 heavy (non-hydrogen) atoms. The van der Waals surface area contributed by atoms with Crippen molar-refractivity contribution in [2.45, 2.75) is 16.3 Å². The van der Waals surface area contributed by atoms with Gasteiger partial charge in [0.25, 0.3) is 0 Å². The second-order valence-electron chi connectivity index (χ2n) is 3.97. The molecule has 0 atom stereocenters. The summed E-state index contributed by atoms with van der Waals surface area (Å²) >= 11 is 17.2. The average molecular weight is 377 g/mol. The summed E-state index contributed by atoms with van der Waals surface area (Å²) in [6.07, 6.45) is 0. The molecule has 2 aromatic carbocycles. The molecule has 0 spiro atoms. The largest absolute Gasteiger partial charge is 0.316 e. The highest BCUT2D eigenvalue weighted by atomic mass is 79.9. The van der Waals surface area contributed by atoms with Gasteiger partial charge in [0.15, 0.2) is 0 Å². The summed E-state index contributed by atoms with van der Waals surface area (Å²) in [4.78, 5) is 2.22. The first-order valence-corrected chi connectivity index (χ1v) is 8.02. The quantitative estimate of drug-likeness (QED) is 0.742. The Balaban J connectivity index is 2.20. The van der Waals surface area contributed by atoms with Crippen molar-refractivity contribution >= 4 is 50.9 Å². The smallest absolute Gasteiger partial charge is 0.0603 e. The van der Waals surface area contributed by atoms with E-state index in [1.807, 2.05) is 25.2 Å². The van der Waals surface area contributed by atoms with E-state index in [1.165, 1.54) is 5.56 Å². The standard InChI is InChI=1S/C14H12BrCl2NS/c1-18-8-9-2-5-14(11(15)6-9)19-10-3-4-12(16)13(17)7-10/h2-7,18H,8H2,1H3. The Labute approximate surface area is 135 Å². The zero-order chi connectivity index (χ0) is 13.8. The summed E-state index contributed by atoms with van der Waals surface area (Å²) in [6, 6.07) is 12.0. The first kappa shape index (κ1) is 15.2. The van der Waals surface area contributed by atoms with Crippen LogP contribution in [-0.2, 0) is 6.54 Å². The molecule has 0 aliphatic rings. The lowest BCUT2D eigenvalue weighted by Crippen LogP contribution is -2.04. The van der Waals surface area contributed by atoms with Crippen LogP contribution in [0.3, 0.4) is 0 Å². The molecule has 2 aromatic rings. The van der Waals surface area contributed by atoms with Crippen LogP contribution in [0.1, 0.15) is 5.56 Å². The second kappa shape index (κ2) is 7.00. The first-order chi connectivity index (χ1) is 9.10. The van der Waals surface area contributed by atoms with Crippen molar-refractivity contribution in [3.8, 4) is 0 Å². The summed E-state index contributed by atoms with van der Waals surface area (Å²) < 4.78 is 1.08. The zero-order valence-electron chi connectivity index (χ0n) is 10.2. The van der Waals surface area contributed by atoms with Gasteiger partial charge < -0.3 is 5.32 Å². The molecule has 0 saturated carbocycles. The Morgan fingerprint density at radius 3 is 2.53 bits per heavy atom. The van der Waals surface area contributed by atoms with Crippen LogP contribution in [0.15, 0.2) is 50.7 Å². The van der Waals surface area contributed by atoms with Crippen molar-refractivity contribution in [3.05, 3.63) is 56.5 Å². The normalized spacial score (nSPS) is 10.7. The number of rotatable bonds is 4. The highest BCUT2D eigenvalue weighted by Crippen LogP contribution is 2.36. The minimum atomic E-state index is 0.578. The number of nitrogens with one attached hydrogen (secondary N) is 1. The molecule has 0 radical (unpaired) electrons. The monoisotopic (exact) mass is 375 g/mol. The van der Waals surface area contributed by atoms with E-state index in [2.05, 4.69) is 39.4 Å². The molecule has 1 N–H and O–H groups in total. The summed E-state index contributed by atoms with van der Waals surface area (Å²) in [5.74, 6) is 0. The number of hydrogen-bond acceptors (Lipinski definition) is 2. The second-order valence-corrected chi connectivity index (χ2v) is 6.76. The maximum atomic E-state index is 6.02. The van der Waals surface area contributed by atoms with Gasteiger partial charge in [0.2, 0.25) is 0 Å². The average Bonchev–Trinajstić information content (AvgIpc) is 2.37. The minimum absolute atomic E-state index is 0.578. The van der Waals surface area contributed by atoms with E-state index in [0.717, 1.165) is 20.8 Å². The highest BCUT2D eigenvalue weighted by Gasteiger charge is 2.05. The van der Waals surface area contributed by atoms with Crippen molar-refractivity contribution in [2.24, 2.45) is 0 Å². The van der Waals surface area contributed by atoms with Crippen molar-refractivity contribution < 1.29 is 0 Å². The molecule has 0 bridgehead atoms. The molecule has 0 heterocycles. The molecule has 0 aliphatic heterocycles. The van der Waals surface area contributed by atoms with E-state index in [-0.39, 0.29) is 0 Å². The van der Waals surface area contributed by atoms with Crippen LogP contribution < -0.4 is 5.32 Å². The Kier molecular flexibility index (Phi) is 5.60. The van der Waals surface area contributed by atoms with Gasteiger partial charge in [-0.15, -0.1) is 0 Å². The third-order valence-corrected chi connectivity index (χ3v) is 5.22. The maximum absolute atomic E-state index is 6.02. The summed E-state index contributed by atoms with van der Waals surface area (Å²) in [6.45, 7) is 0.857. The summed E-state index contributed by atoms with van der Waals surface area (Å²) in [7, 11) is 1.94. The van der Waals surface area contributed by atoms with Crippen LogP contribution in [0.4, 0.5) is 0 Å². The molecule has 0 unspecified atom stereocenters. The topological polar surface area (TPSA) is 12.0 Å². The van der Waals surface area contributed by atoms with Gasteiger partial charge in [-0.1, -0.05) is 41.0 Å². The van der Waals surface area contributed by atoms with Crippen molar-refractivity contribution in [2.75, 3.05) is 7.05 Å². The van der Waals surface area contributed by atoms with Crippen LogP contribution in [-0.4, -0.2) is 7.05 Å². The van der Waals surface area contributed by atoms with Gasteiger partial charge in [0.1, 0.15) is 0 Å². The predicted octanol–water partition coefficient (Wildman–Crippen LogP) is 5.63. The molecule has 0 amide bonds. The van der Waals surface area contributed by atoms with Crippen LogP contribution in [0.25, 0.3) is 0 Å². The van der Waals surface area contributed by atoms with Gasteiger partial charge in [-0.3, -0.25) is 0 Å². The van der Waals surface area contributed by atoms with Crippen LogP contribution in [0.5, 0.6) is 0 Å². The fourth-order valence-electron chi connectivity index (χ4n) is 1.61. The van der Waals surface area contributed by atoms with Gasteiger partial charge in [-0.05, 0) is 58.9 Å². The van der Waals surface area contributed by atoms with Gasteiger partial charge in [-0.2, -0.15) is 0 Å². The van der Waals surface area contributed by atoms with Crippen LogP contribution in [0, 0.1) is 0 Å². The number of hydrogen-bond donors (Lipinski definition) is 1. The predicted molar refractivity (Wildman–Crippen MR) is 87.5 cm³/mol. The van der Waals surface area contributed by atoms with Crippen molar-refractivity contribution in [1.82, 2.24) is 5.32 Å². The molecular formula is C14H12BrCl2NS. The first-order valence-electron chi connectivity index (χ1n) is 5.66. The Hall–Kier alpha value is -0.190. The third kappa shape index (κ3) is 4.14. The van der Waals surface area contributed by atoms with E-state index in [0.29, 0.717) is 10.0 Å². The fourth-order valence-corrected chi connectivity index (χ4v) is 3.50. The lowest BCUT2D eigenvalue weighted by atomic mass is 10.2. The molecule has 0 fully saturated rings. The number of halogens is 3. The number of benzene rings is 2. The van der Waals surface area contributed by atoms with Crippen molar-refractivity contribution in [1.29, 1.82) is 0 Å². The fraction of sp³-hybridized carbons (Fsp3) is 0.143. The lowest BCUT2D eigenvalue weighted by molar-refractivity contribution is 0.816. The van der Waals surface area contributed by atoms with Gasteiger partial charge >= 0.3 is 0 Å². The Bertz CT molecular complexity index is 590. The van der Waals surface area contributed by atoms with Crippen LogP contribution >= 0.6 is 50.9 Å². The van der Waals surface area contributed by atoms with E-state index in [9.17, 15) is 0 Å². The lowest BCUT2D eigenvalue weighted by Gasteiger charge is -2.08. The Morgan fingerprint density at radius 1 is 1.11 bits per heavy atom. The molecule has 5 heteroatoms. The van der Waals surface area contributed by atoms with E-state index < -0.39 is 0 Å². The van der Waals surface area contributed by atoms with E-state index in [1.54, 1.807) is 11.8 Å². The third-order valence-electron chi connectivity index (χ3n) is 2.50. The van der Waals surface area contributed by atoms with Gasteiger partial charge in [0, 0.05) is 20.8 Å². The van der Waals surface area contributed by atoms with E-state index in [4.69, 9.17) is 23.2 Å². The minimum Gasteiger partial charge on any atom is -0.316 e. The molecule has 0 aliphatic carbocycles. The molecular weight excluding hydrogens is 365 g/mol. The summed E-state index contributed by atoms with van der Waals surface area (Å²) in [5, 5.41) is 4.29. The Morgan fingerprint density at radius 2 is 1.89 bits per heavy atom. The van der Waals surface area contributed by atoms with Crippen molar-refractivity contribution in [3.63, 3.8) is 0 Å². The molecule has 0 aromatic heterocycles. The maximum Gasteiger partial charge on any atom is 0.0603 e. The SMILES string of the molecule is CNCc1ccc(Sc2ccc(Cl)c(Cl)c2)c(Br)c1. The molecule has 2 rings (SSSR count). The highest BCUT2D eigenvalue weighted by molar-refractivity contribution is 9.10. The summed E-state index contributed by atoms with van der Waals surface area (Å²) in [5.41, 5.74) is 1.24. The molecule has 100 valence electrons.